The van der Waals surface area contributed by atoms with Gasteiger partial charge in [-0.05, 0) is 6.42 Å². The summed E-state index contributed by atoms with van der Waals surface area (Å²) in [6, 6.07) is 0. The highest BCUT2D eigenvalue weighted by Gasteiger charge is 1.83. The fourth-order valence-electron chi connectivity index (χ4n) is 0.448. The van der Waals surface area contributed by atoms with Crippen LogP contribution in [0.5, 0.6) is 0 Å². The van der Waals surface area contributed by atoms with Crippen LogP contribution in [0.4, 0.5) is 0 Å². The van der Waals surface area contributed by atoms with Crippen LogP contribution in [0.3, 0.4) is 0 Å². The van der Waals surface area contributed by atoms with Crippen LogP contribution >= 0.6 is 0 Å². The van der Waals surface area contributed by atoms with Crippen LogP contribution in [0.25, 0.3) is 0 Å². The molecule has 0 rings (SSSR count). The van der Waals surface area contributed by atoms with E-state index in [1.807, 2.05) is 0 Å². The molecule has 0 aliphatic heterocycles. The maximum Gasteiger partial charge on any atom is 0.108 e. The summed E-state index contributed by atoms with van der Waals surface area (Å²) in [6.07, 6.45) is 2.21. The molecule has 0 N–H and O–H groups in total. The van der Waals surface area contributed by atoms with E-state index in [0.717, 1.165) is 26.0 Å². The average molecular weight is 145 g/mol. The first-order chi connectivity index (χ1) is 3.91. The van der Waals surface area contributed by atoms with E-state index >= 15 is 0 Å². The van der Waals surface area contributed by atoms with Crippen LogP contribution in [0.2, 0.25) is 13.1 Å². The molecule has 1 radical (unpaired) electrons. The Balaban J connectivity index is -0.000000245. The van der Waals surface area contributed by atoms with Crippen molar-refractivity contribution in [2.24, 2.45) is 0 Å². The maximum atomic E-state index is 5.19. The molecule has 0 fully saturated rings. The predicted octanol–water partition coefficient (Wildman–Crippen LogP) is 2.86. The Labute approximate surface area is 67.4 Å². The van der Waals surface area contributed by atoms with Crippen molar-refractivity contribution in [3.05, 3.63) is 0 Å². The lowest BCUT2D eigenvalue weighted by molar-refractivity contribution is 0.148. The van der Waals surface area contributed by atoms with E-state index in [-0.39, 0.29) is 14.9 Å². The normalized spacial score (nSPS) is 7.40. The van der Waals surface area contributed by atoms with Crippen molar-refractivity contribution >= 4 is 7.28 Å². The van der Waals surface area contributed by atoms with Gasteiger partial charge in [0.15, 0.2) is 0 Å². The summed E-state index contributed by atoms with van der Waals surface area (Å²) in [6.45, 7) is 5.98. The molecule has 0 heterocycles. The van der Waals surface area contributed by atoms with Crippen LogP contribution in [-0.2, 0) is 4.74 Å². The minimum absolute atomic E-state index is 0. The van der Waals surface area contributed by atoms with Crippen molar-refractivity contribution in [2.45, 2.75) is 41.3 Å². The second-order valence-corrected chi connectivity index (χ2v) is 1.81. The van der Waals surface area contributed by atoms with E-state index in [1.54, 1.807) is 0 Å². The lowest BCUT2D eigenvalue weighted by Crippen LogP contribution is -1.96. The molecule has 0 saturated heterocycles. The first-order valence-corrected chi connectivity index (χ1v) is 3.27. The second kappa shape index (κ2) is 16.0. The van der Waals surface area contributed by atoms with Gasteiger partial charge in [-0.15, -0.1) is 0 Å². The SMILES string of the molecule is C.C.C[B]CCOCCC. The molecule has 0 spiro atoms. The molecular formula is C8H22BO. The molecule has 2 heteroatoms. The zero-order valence-corrected chi connectivity index (χ0v) is 5.81. The van der Waals surface area contributed by atoms with Gasteiger partial charge in [0.1, 0.15) is 7.28 Å². The predicted molar refractivity (Wildman–Crippen MR) is 51.0 cm³/mol. The summed E-state index contributed by atoms with van der Waals surface area (Å²) in [5.41, 5.74) is 0. The van der Waals surface area contributed by atoms with Gasteiger partial charge in [-0.3, -0.25) is 0 Å². The zero-order chi connectivity index (χ0) is 6.24. The van der Waals surface area contributed by atoms with Gasteiger partial charge in [0.05, 0.1) is 0 Å². The average Bonchev–Trinajstić information content (AvgIpc) is 1.81. The third kappa shape index (κ3) is 15.7. The van der Waals surface area contributed by atoms with E-state index in [2.05, 4.69) is 21.0 Å². The third-order valence-electron chi connectivity index (χ3n) is 0.899. The quantitative estimate of drug-likeness (QED) is 0.427. The van der Waals surface area contributed by atoms with Gasteiger partial charge in [0.25, 0.3) is 0 Å². The molecule has 0 atom stereocenters. The van der Waals surface area contributed by atoms with E-state index in [1.165, 1.54) is 0 Å². The Morgan fingerprint density at radius 3 is 2.20 bits per heavy atom. The van der Waals surface area contributed by atoms with Crippen LogP contribution in [0, 0.1) is 0 Å². The van der Waals surface area contributed by atoms with Crippen molar-refractivity contribution in [1.82, 2.24) is 0 Å². The van der Waals surface area contributed by atoms with Gasteiger partial charge in [0.2, 0.25) is 0 Å². The Morgan fingerprint density at radius 1 is 1.20 bits per heavy atom. The molecule has 0 aromatic heterocycles. The van der Waals surface area contributed by atoms with Crippen molar-refractivity contribution in [2.75, 3.05) is 13.2 Å². The lowest BCUT2D eigenvalue weighted by Gasteiger charge is -1.97. The van der Waals surface area contributed by atoms with E-state index in [9.17, 15) is 0 Å². The largest absolute Gasteiger partial charge is 0.382 e. The minimum atomic E-state index is 0. The van der Waals surface area contributed by atoms with Crippen LogP contribution in [-0.4, -0.2) is 20.5 Å². The molecule has 1 nitrogen and oxygen atoms in total. The Morgan fingerprint density at radius 2 is 1.80 bits per heavy atom. The second-order valence-electron chi connectivity index (χ2n) is 1.81. The highest BCUT2D eigenvalue weighted by atomic mass is 16.5. The monoisotopic (exact) mass is 145 g/mol. The smallest absolute Gasteiger partial charge is 0.108 e. The Hall–Kier alpha value is 0.0249. The third-order valence-corrected chi connectivity index (χ3v) is 0.899. The summed E-state index contributed by atoms with van der Waals surface area (Å²) >= 11 is 0. The number of hydrogen-bond acceptors (Lipinski definition) is 1. The van der Waals surface area contributed by atoms with Gasteiger partial charge in [-0.1, -0.05) is 34.9 Å². The van der Waals surface area contributed by atoms with Gasteiger partial charge in [-0.25, -0.2) is 0 Å². The van der Waals surface area contributed by atoms with Gasteiger partial charge in [-0.2, -0.15) is 0 Å². The summed E-state index contributed by atoms with van der Waals surface area (Å²) in [5, 5.41) is 0. The first-order valence-electron chi connectivity index (χ1n) is 3.27. The van der Waals surface area contributed by atoms with Crippen LogP contribution in [0.1, 0.15) is 28.2 Å². The van der Waals surface area contributed by atoms with Crippen molar-refractivity contribution in [3.8, 4) is 0 Å². The van der Waals surface area contributed by atoms with Crippen LogP contribution in [0.15, 0.2) is 0 Å². The van der Waals surface area contributed by atoms with Gasteiger partial charge in [0, 0.05) is 13.2 Å². The summed E-state index contributed by atoms with van der Waals surface area (Å²) < 4.78 is 5.19. The fourth-order valence-corrected chi connectivity index (χ4v) is 0.448. The van der Waals surface area contributed by atoms with Crippen molar-refractivity contribution in [1.29, 1.82) is 0 Å². The molecule has 0 aromatic rings. The van der Waals surface area contributed by atoms with Gasteiger partial charge >= 0.3 is 0 Å². The fraction of sp³-hybridized carbons (Fsp3) is 1.00. The van der Waals surface area contributed by atoms with E-state index in [4.69, 9.17) is 4.74 Å². The number of ether oxygens (including phenoxy) is 1. The minimum Gasteiger partial charge on any atom is -0.382 e. The molecule has 0 aromatic carbocycles. The number of rotatable bonds is 5. The standard InChI is InChI=1S/C6H14BO.2CH4/c1-3-5-8-6-4-7-2;;/h3-6H2,1-2H3;2*1H4. The van der Waals surface area contributed by atoms with E-state index < -0.39 is 0 Å². The number of hydrogen-bond donors (Lipinski definition) is 0. The van der Waals surface area contributed by atoms with E-state index in [0.29, 0.717) is 0 Å². The van der Waals surface area contributed by atoms with Gasteiger partial charge < -0.3 is 4.74 Å². The summed E-state index contributed by atoms with van der Waals surface area (Å²) in [5.74, 6) is 0. The summed E-state index contributed by atoms with van der Waals surface area (Å²) in [7, 11) is 2.12. The summed E-state index contributed by atoms with van der Waals surface area (Å²) in [4.78, 5) is 0. The molecule has 63 valence electrons. The highest BCUT2D eigenvalue weighted by Crippen LogP contribution is 1.83. The molecule has 0 amide bonds. The maximum absolute atomic E-state index is 5.19. The molecule has 0 aliphatic rings. The Kier molecular flexibility index (Phi) is 26.5. The molecule has 0 aliphatic carbocycles. The molecule has 0 unspecified atom stereocenters. The van der Waals surface area contributed by atoms with Crippen LogP contribution < -0.4 is 0 Å². The molecule has 0 bridgehead atoms. The zero-order valence-electron chi connectivity index (χ0n) is 5.81. The molecule has 0 saturated carbocycles. The lowest BCUT2D eigenvalue weighted by atomic mass is 9.79. The topological polar surface area (TPSA) is 9.23 Å². The van der Waals surface area contributed by atoms with Crippen molar-refractivity contribution in [3.63, 3.8) is 0 Å². The van der Waals surface area contributed by atoms with Crippen molar-refractivity contribution < 1.29 is 4.74 Å². The molecular weight excluding hydrogens is 123 g/mol. The Bertz CT molecular complexity index is 34.2. The molecule has 10 heavy (non-hydrogen) atoms. The first kappa shape index (κ1) is 16.5. The highest BCUT2D eigenvalue weighted by molar-refractivity contribution is 6.33.